The molecule has 0 unspecified atom stereocenters. The monoisotopic (exact) mass is 226 g/mol. The van der Waals surface area contributed by atoms with Gasteiger partial charge in [0.15, 0.2) is 0 Å². The van der Waals surface area contributed by atoms with Crippen LogP contribution in [0.2, 0.25) is 0 Å². The molecule has 0 amide bonds. The largest absolute Gasteiger partial charge is 0.294 e. The van der Waals surface area contributed by atoms with Crippen LogP contribution in [0.25, 0.3) is 0 Å². The number of pyridine rings is 1. The van der Waals surface area contributed by atoms with Gasteiger partial charge < -0.3 is 0 Å². The second kappa shape index (κ2) is 4.59. The minimum Gasteiger partial charge on any atom is -0.294 e. The molecule has 17 heavy (non-hydrogen) atoms. The van der Waals surface area contributed by atoms with Crippen LogP contribution in [0.15, 0.2) is 37.1 Å². The van der Waals surface area contributed by atoms with Gasteiger partial charge in [0.2, 0.25) is 0 Å². The van der Waals surface area contributed by atoms with Crippen LogP contribution in [-0.4, -0.2) is 26.4 Å². The van der Waals surface area contributed by atoms with Gasteiger partial charge in [-0.25, -0.2) is 9.97 Å². The first kappa shape index (κ1) is 10.4. The average Bonchev–Trinajstić information content (AvgIpc) is 2.40. The van der Waals surface area contributed by atoms with Crippen molar-refractivity contribution < 1.29 is 0 Å². The van der Waals surface area contributed by atoms with Gasteiger partial charge in [-0.3, -0.25) is 9.88 Å². The highest BCUT2D eigenvalue weighted by atomic mass is 15.1. The third-order valence-electron chi connectivity index (χ3n) is 3.07. The Hall–Kier alpha value is -1.81. The molecule has 4 heteroatoms. The van der Waals surface area contributed by atoms with E-state index in [9.17, 15) is 0 Å². The summed E-state index contributed by atoms with van der Waals surface area (Å²) < 4.78 is 0. The van der Waals surface area contributed by atoms with Gasteiger partial charge in [-0.1, -0.05) is 6.07 Å². The van der Waals surface area contributed by atoms with Crippen molar-refractivity contribution in [3.05, 3.63) is 53.9 Å². The molecule has 0 fully saturated rings. The van der Waals surface area contributed by atoms with Gasteiger partial charge in [-0.05, 0) is 11.6 Å². The molecule has 0 bridgehead atoms. The topological polar surface area (TPSA) is 41.9 Å². The summed E-state index contributed by atoms with van der Waals surface area (Å²) in [6.07, 6.45) is 8.31. The van der Waals surface area contributed by atoms with Gasteiger partial charge in [-0.15, -0.1) is 0 Å². The minimum absolute atomic E-state index is 0.936. The van der Waals surface area contributed by atoms with Crippen LogP contribution in [0, 0.1) is 0 Å². The number of aromatic nitrogens is 3. The molecule has 3 rings (SSSR count). The molecule has 0 aromatic carbocycles. The summed E-state index contributed by atoms with van der Waals surface area (Å²) >= 11 is 0. The maximum atomic E-state index is 4.31. The van der Waals surface area contributed by atoms with E-state index in [4.69, 9.17) is 0 Å². The van der Waals surface area contributed by atoms with Crippen molar-refractivity contribution >= 4 is 0 Å². The second-order valence-corrected chi connectivity index (χ2v) is 4.32. The Bertz CT molecular complexity index is 498. The van der Waals surface area contributed by atoms with E-state index in [0.717, 1.165) is 26.1 Å². The van der Waals surface area contributed by atoms with Crippen LogP contribution >= 0.6 is 0 Å². The molecule has 0 atom stereocenters. The molecule has 0 N–H and O–H groups in total. The molecule has 0 saturated heterocycles. The summed E-state index contributed by atoms with van der Waals surface area (Å²) in [4.78, 5) is 14.9. The molecule has 0 saturated carbocycles. The molecule has 86 valence electrons. The number of hydrogen-bond acceptors (Lipinski definition) is 4. The quantitative estimate of drug-likeness (QED) is 0.777. The lowest BCUT2D eigenvalue weighted by molar-refractivity contribution is 0.242. The third-order valence-corrected chi connectivity index (χ3v) is 3.07. The number of rotatable bonds is 2. The van der Waals surface area contributed by atoms with Crippen molar-refractivity contribution in [2.24, 2.45) is 0 Å². The smallest absolute Gasteiger partial charge is 0.115 e. The molecule has 0 aliphatic carbocycles. The van der Waals surface area contributed by atoms with Crippen molar-refractivity contribution in [1.82, 2.24) is 19.9 Å². The Balaban J connectivity index is 1.72. The van der Waals surface area contributed by atoms with Gasteiger partial charge in [-0.2, -0.15) is 0 Å². The normalized spacial score (nSPS) is 15.5. The Morgan fingerprint density at radius 3 is 3.12 bits per heavy atom. The summed E-state index contributed by atoms with van der Waals surface area (Å²) in [5.74, 6) is 0. The third kappa shape index (κ3) is 2.31. The van der Waals surface area contributed by atoms with E-state index in [1.54, 1.807) is 6.33 Å². The molecular weight excluding hydrogens is 212 g/mol. The molecular formula is C13H14N4. The molecule has 1 aliphatic rings. The van der Waals surface area contributed by atoms with Crippen molar-refractivity contribution in [3.63, 3.8) is 0 Å². The summed E-state index contributed by atoms with van der Waals surface area (Å²) in [5.41, 5.74) is 3.71. The highest BCUT2D eigenvalue weighted by Gasteiger charge is 2.16. The van der Waals surface area contributed by atoms with Crippen LogP contribution in [0.5, 0.6) is 0 Å². The van der Waals surface area contributed by atoms with Gasteiger partial charge in [0.1, 0.15) is 6.33 Å². The summed E-state index contributed by atoms with van der Waals surface area (Å²) in [5, 5.41) is 0. The first-order valence-corrected chi connectivity index (χ1v) is 5.81. The lowest BCUT2D eigenvalue weighted by Crippen LogP contribution is -2.30. The Morgan fingerprint density at radius 2 is 2.24 bits per heavy atom. The van der Waals surface area contributed by atoms with Crippen LogP contribution in [0.3, 0.4) is 0 Å². The van der Waals surface area contributed by atoms with Gasteiger partial charge >= 0.3 is 0 Å². The molecule has 2 aromatic heterocycles. The Kier molecular flexibility index (Phi) is 2.80. The van der Waals surface area contributed by atoms with Crippen molar-refractivity contribution in [3.8, 4) is 0 Å². The fraction of sp³-hybridized carbons (Fsp3) is 0.308. The van der Waals surface area contributed by atoms with Crippen LogP contribution in [-0.2, 0) is 19.5 Å². The minimum atomic E-state index is 0.936. The first-order chi connectivity index (χ1) is 8.42. The van der Waals surface area contributed by atoms with E-state index in [2.05, 4.69) is 25.9 Å². The molecule has 2 aromatic rings. The van der Waals surface area contributed by atoms with Crippen LogP contribution in [0.1, 0.15) is 16.8 Å². The van der Waals surface area contributed by atoms with E-state index < -0.39 is 0 Å². The number of fused-ring (bicyclic) bond motifs is 1. The van der Waals surface area contributed by atoms with Gasteiger partial charge in [0.05, 0.1) is 0 Å². The molecule has 3 heterocycles. The number of hydrogen-bond donors (Lipinski definition) is 0. The summed E-state index contributed by atoms with van der Waals surface area (Å²) in [6, 6.07) is 4.10. The highest BCUT2D eigenvalue weighted by Crippen LogP contribution is 2.17. The average molecular weight is 226 g/mol. The van der Waals surface area contributed by atoms with Crippen molar-refractivity contribution in [2.45, 2.75) is 19.5 Å². The van der Waals surface area contributed by atoms with E-state index >= 15 is 0 Å². The van der Waals surface area contributed by atoms with Gasteiger partial charge in [0.25, 0.3) is 0 Å². The maximum Gasteiger partial charge on any atom is 0.115 e. The van der Waals surface area contributed by atoms with E-state index in [1.165, 1.54) is 16.8 Å². The van der Waals surface area contributed by atoms with E-state index in [1.807, 2.05) is 24.7 Å². The maximum absolute atomic E-state index is 4.31. The van der Waals surface area contributed by atoms with Crippen LogP contribution in [0.4, 0.5) is 0 Å². The standard InChI is InChI=1S/C13H14N4/c1-2-11(6-14-4-1)8-17-5-3-13-12(9-17)7-15-10-16-13/h1-2,4,6-7,10H,3,5,8-9H2. The molecule has 4 nitrogen and oxygen atoms in total. The zero-order valence-electron chi connectivity index (χ0n) is 9.58. The molecule has 1 aliphatic heterocycles. The zero-order valence-corrected chi connectivity index (χ0v) is 9.58. The zero-order chi connectivity index (χ0) is 11.5. The molecule has 0 spiro atoms. The number of nitrogens with zero attached hydrogens (tertiary/aromatic N) is 4. The second-order valence-electron chi connectivity index (χ2n) is 4.32. The van der Waals surface area contributed by atoms with E-state index in [0.29, 0.717) is 0 Å². The highest BCUT2D eigenvalue weighted by molar-refractivity contribution is 5.19. The predicted molar refractivity (Wildman–Crippen MR) is 64.1 cm³/mol. The summed E-state index contributed by atoms with van der Waals surface area (Å²) in [7, 11) is 0. The first-order valence-electron chi connectivity index (χ1n) is 5.81. The van der Waals surface area contributed by atoms with Crippen molar-refractivity contribution in [1.29, 1.82) is 0 Å². The predicted octanol–water partition coefficient (Wildman–Crippen LogP) is 1.43. The fourth-order valence-corrected chi connectivity index (χ4v) is 2.21. The lowest BCUT2D eigenvalue weighted by Gasteiger charge is -2.27. The fourth-order valence-electron chi connectivity index (χ4n) is 2.21. The lowest BCUT2D eigenvalue weighted by atomic mass is 10.1. The Labute approximate surface area is 100 Å². The van der Waals surface area contributed by atoms with Crippen LogP contribution < -0.4 is 0 Å². The molecule has 0 radical (unpaired) electrons. The van der Waals surface area contributed by atoms with Gasteiger partial charge in [0, 0.05) is 55.9 Å². The van der Waals surface area contributed by atoms with E-state index in [-0.39, 0.29) is 0 Å². The van der Waals surface area contributed by atoms with Crippen molar-refractivity contribution in [2.75, 3.05) is 6.54 Å². The SMILES string of the molecule is c1cncc(CN2CCc3ncncc3C2)c1. The Morgan fingerprint density at radius 1 is 1.24 bits per heavy atom. The summed E-state index contributed by atoms with van der Waals surface area (Å²) in [6.45, 7) is 2.94.